The number of benzene rings is 2. The van der Waals surface area contributed by atoms with Gasteiger partial charge in [-0.25, -0.2) is 9.78 Å². The Labute approximate surface area is 201 Å². The molecule has 1 aliphatic carbocycles. The van der Waals surface area contributed by atoms with Gasteiger partial charge >= 0.3 is 5.97 Å². The quantitative estimate of drug-likeness (QED) is 0.341. The summed E-state index contributed by atoms with van der Waals surface area (Å²) in [6.07, 6.45) is 8.39. The number of oxazole rings is 1. The van der Waals surface area contributed by atoms with Crippen molar-refractivity contribution >= 4 is 17.1 Å². The highest BCUT2D eigenvalue weighted by Gasteiger charge is 2.30. The molecule has 1 atom stereocenters. The molecule has 1 heterocycles. The summed E-state index contributed by atoms with van der Waals surface area (Å²) in [4.78, 5) is 16.1. The standard InChI is InChI=1S/C28H36N2O4/c1-28(2,27(31)32)34-22-14-12-20(13-15-22)16-18-29-19-17-23(21-8-4-3-5-9-21)26-30-24-10-6-7-11-25(24)33-26/h6-7,10-15,21,23,29H,3-5,8-9,16-19H2,1-2H3,(H,31,32). The molecule has 1 saturated carbocycles. The summed E-state index contributed by atoms with van der Waals surface area (Å²) >= 11 is 0. The zero-order valence-electron chi connectivity index (χ0n) is 20.3. The van der Waals surface area contributed by atoms with Gasteiger partial charge in [0.05, 0.1) is 0 Å². The Balaban J connectivity index is 1.28. The Hall–Kier alpha value is -2.86. The summed E-state index contributed by atoms with van der Waals surface area (Å²) in [6, 6.07) is 15.7. The Kier molecular flexibility index (Phi) is 7.88. The molecular weight excluding hydrogens is 428 g/mol. The Morgan fingerprint density at radius 3 is 2.56 bits per heavy atom. The van der Waals surface area contributed by atoms with E-state index in [9.17, 15) is 9.90 Å². The first-order chi connectivity index (χ1) is 16.4. The van der Waals surface area contributed by atoms with E-state index in [2.05, 4.69) is 5.32 Å². The molecular formula is C28H36N2O4. The van der Waals surface area contributed by atoms with Crippen molar-refractivity contribution in [3.63, 3.8) is 0 Å². The number of carboxylic acids is 1. The van der Waals surface area contributed by atoms with Gasteiger partial charge in [-0.3, -0.25) is 0 Å². The zero-order valence-corrected chi connectivity index (χ0v) is 20.3. The second-order valence-electron chi connectivity index (χ2n) is 9.87. The number of fused-ring (bicyclic) bond motifs is 1. The average Bonchev–Trinajstić information content (AvgIpc) is 3.26. The molecule has 4 rings (SSSR count). The molecule has 0 amide bonds. The van der Waals surface area contributed by atoms with E-state index in [0.717, 1.165) is 42.9 Å². The second-order valence-corrected chi connectivity index (χ2v) is 9.87. The van der Waals surface area contributed by atoms with Gasteiger partial charge in [0.15, 0.2) is 17.1 Å². The molecule has 2 aromatic carbocycles. The third-order valence-corrected chi connectivity index (χ3v) is 6.88. The van der Waals surface area contributed by atoms with Crippen molar-refractivity contribution in [2.24, 2.45) is 5.92 Å². The van der Waals surface area contributed by atoms with Crippen LogP contribution in [0.15, 0.2) is 52.9 Å². The number of ether oxygens (including phenoxy) is 1. The topological polar surface area (TPSA) is 84.6 Å². The van der Waals surface area contributed by atoms with Crippen LogP contribution >= 0.6 is 0 Å². The highest BCUT2D eigenvalue weighted by Crippen LogP contribution is 2.38. The summed E-state index contributed by atoms with van der Waals surface area (Å²) in [5.41, 5.74) is 1.78. The highest BCUT2D eigenvalue weighted by molar-refractivity contribution is 5.76. The molecule has 0 radical (unpaired) electrons. The van der Waals surface area contributed by atoms with E-state index in [1.807, 2.05) is 48.5 Å². The van der Waals surface area contributed by atoms with Crippen molar-refractivity contribution in [3.05, 3.63) is 60.0 Å². The Bertz CT molecular complexity index is 1030. The van der Waals surface area contributed by atoms with Crippen LogP contribution in [0.25, 0.3) is 11.1 Å². The monoisotopic (exact) mass is 464 g/mol. The van der Waals surface area contributed by atoms with Crippen molar-refractivity contribution in [3.8, 4) is 5.75 Å². The van der Waals surface area contributed by atoms with Crippen LogP contribution in [-0.4, -0.2) is 34.8 Å². The smallest absolute Gasteiger partial charge is 0.347 e. The van der Waals surface area contributed by atoms with Gasteiger partial charge in [-0.15, -0.1) is 0 Å². The fourth-order valence-corrected chi connectivity index (χ4v) is 4.82. The third kappa shape index (κ3) is 6.17. The number of nitrogens with one attached hydrogen (secondary N) is 1. The summed E-state index contributed by atoms with van der Waals surface area (Å²) in [7, 11) is 0. The van der Waals surface area contributed by atoms with E-state index in [0.29, 0.717) is 17.6 Å². The van der Waals surface area contributed by atoms with Crippen molar-refractivity contribution < 1.29 is 19.1 Å². The molecule has 1 fully saturated rings. The normalized spacial score (nSPS) is 15.9. The minimum absolute atomic E-state index is 0.356. The molecule has 1 unspecified atom stereocenters. The number of carbonyl (C=O) groups is 1. The van der Waals surface area contributed by atoms with Gasteiger partial charge in [-0.05, 0) is 88.4 Å². The molecule has 1 aromatic heterocycles. The van der Waals surface area contributed by atoms with E-state index in [1.54, 1.807) is 13.8 Å². The van der Waals surface area contributed by atoms with Crippen molar-refractivity contribution in [1.82, 2.24) is 10.3 Å². The number of carboxylic acid groups (broad SMARTS) is 1. The van der Waals surface area contributed by atoms with E-state index in [-0.39, 0.29) is 0 Å². The number of hydrogen-bond donors (Lipinski definition) is 2. The van der Waals surface area contributed by atoms with Gasteiger partial charge < -0.3 is 19.6 Å². The zero-order chi connectivity index (χ0) is 24.0. The number of hydrogen-bond acceptors (Lipinski definition) is 5. The van der Waals surface area contributed by atoms with Gasteiger partial charge in [0, 0.05) is 5.92 Å². The highest BCUT2D eigenvalue weighted by atomic mass is 16.5. The van der Waals surface area contributed by atoms with Gasteiger partial charge in [0.25, 0.3) is 0 Å². The SMILES string of the molecule is CC(C)(Oc1ccc(CCNCCC(c2nc3ccccc3o2)C2CCCCC2)cc1)C(=O)O. The van der Waals surface area contributed by atoms with E-state index < -0.39 is 11.6 Å². The fourth-order valence-electron chi connectivity index (χ4n) is 4.82. The van der Waals surface area contributed by atoms with Crippen LogP contribution < -0.4 is 10.1 Å². The van der Waals surface area contributed by atoms with Crippen LogP contribution in [0, 0.1) is 5.92 Å². The molecule has 2 N–H and O–H groups in total. The molecule has 182 valence electrons. The number of rotatable bonds is 11. The predicted octanol–water partition coefficient (Wildman–Crippen LogP) is 5.96. The van der Waals surface area contributed by atoms with Crippen molar-refractivity contribution in [2.75, 3.05) is 13.1 Å². The minimum Gasteiger partial charge on any atom is -0.478 e. The van der Waals surface area contributed by atoms with Crippen molar-refractivity contribution in [1.29, 1.82) is 0 Å². The van der Waals surface area contributed by atoms with Gasteiger partial charge in [0.1, 0.15) is 11.3 Å². The van der Waals surface area contributed by atoms with Gasteiger partial charge in [-0.1, -0.05) is 43.5 Å². The first kappa shape index (κ1) is 24.3. The first-order valence-electron chi connectivity index (χ1n) is 12.5. The largest absolute Gasteiger partial charge is 0.478 e. The summed E-state index contributed by atoms with van der Waals surface area (Å²) in [6.45, 7) is 4.91. The molecule has 3 aromatic rings. The maximum atomic E-state index is 11.2. The molecule has 1 aliphatic rings. The molecule has 0 bridgehead atoms. The lowest BCUT2D eigenvalue weighted by atomic mass is 9.78. The summed E-state index contributed by atoms with van der Waals surface area (Å²) in [5, 5.41) is 12.8. The van der Waals surface area contributed by atoms with Gasteiger partial charge in [0.2, 0.25) is 0 Å². The molecule has 34 heavy (non-hydrogen) atoms. The fraction of sp³-hybridized carbons (Fsp3) is 0.500. The van der Waals surface area contributed by atoms with Crippen LogP contribution in [0.5, 0.6) is 5.75 Å². The van der Waals surface area contributed by atoms with Crippen LogP contribution in [0.1, 0.15) is 69.7 Å². The van der Waals surface area contributed by atoms with Crippen LogP contribution in [0.3, 0.4) is 0 Å². The Morgan fingerprint density at radius 1 is 1.12 bits per heavy atom. The lowest BCUT2D eigenvalue weighted by molar-refractivity contribution is -0.152. The second kappa shape index (κ2) is 11.0. The maximum Gasteiger partial charge on any atom is 0.347 e. The van der Waals surface area contributed by atoms with E-state index >= 15 is 0 Å². The molecule has 0 aliphatic heterocycles. The number of nitrogens with zero attached hydrogens (tertiary/aromatic N) is 1. The molecule has 6 nitrogen and oxygen atoms in total. The third-order valence-electron chi connectivity index (χ3n) is 6.88. The van der Waals surface area contributed by atoms with Crippen LogP contribution in [0.2, 0.25) is 0 Å². The van der Waals surface area contributed by atoms with E-state index in [1.165, 1.54) is 37.7 Å². The lowest BCUT2D eigenvalue weighted by Gasteiger charge is -2.28. The molecule has 0 spiro atoms. The summed E-state index contributed by atoms with van der Waals surface area (Å²) < 4.78 is 11.8. The Morgan fingerprint density at radius 2 is 1.85 bits per heavy atom. The minimum atomic E-state index is -1.24. The summed E-state index contributed by atoms with van der Waals surface area (Å²) in [5.74, 6) is 1.48. The average molecular weight is 465 g/mol. The maximum absolute atomic E-state index is 11.2. The predicted molar refractivity (Wildman–Crippen MR) is 133 cm³/mol. The number of aliphatic carboxylic acids is 1. The first-order valence-corrected chi connectivity index (χ1v) is 12.5. The van der Waals surface area contributed by atoms with Gasteiger partial charge in [-0.2, -0.15) is 0 Å². The number of para-hydroxylation sites is 2. The lowest BCUT2D eigenvalue weighted by Crippen LogP contribution is -2.37. The van der Waals surface area contributed by atoms with Crippen LogP contribution in [-0.2, 0) is 11.2 Å². The number of aromatic nitrogens is 1. The molecule has 6 heteroatoms. The van der Waals surface area contributed by atoms with Crippen LogP contribution in [0.4, 0.5) is 0 Å². The van der Waals surface area contributed by atoms with Crippen molar-refractivity contribution in [2.45, 2.75) is 70.3 Å². The van der Waals surface area contributed by atoms with E-state index in [4.69, 9.17) is 14.1 Å². The molecule has 0 saturated heterocycles.